The predicted octanol–water partition coefficient (Wildman–Crippen LogP) is 3.10. The summed E-state index contributed by atoms with van der Waals surface area (Å²) in [5, 5.41) is 8.02. The van der Waals surface area contributed by atoms with Crippen molar-refractivity contribution in [1.82, 2.24) is 10.6 Å². The van der Waals surface area contributed by atoms with Crippen LogP contribution in [0, 0.1) is 11.3 Å². The molecule has 0 radical (unpaired) electrons. The van der Waals surface area contributed by atoms with E-state index in [1.807, 2.05) is 20.8 Å². The molecule has 4 amide bonds. The zero-order valence-corrected chi connectivity index (χ0v) is 22.3. The summed E-state index contributed by atoms with van der Waals surface area (Å²) in [7, 11) is 0. The Balaban J connectivity index is 2.44. The largest absolute Gasteiger partial charge is 0.445 e. The first kappa shape index (κ1) is 30.9. The maximum absolute atomic E-state index is 12.6. The average molecular weight is 507 g/mol. The molecule has 0 spiro atoms. The van der Waals surface area contributed by atoms with Crippen molar-refractivity contribution in [2.75, 3.05) is 18.5 Å². The van der Waals surface area contributed by atoms with E-state index in [2.05, 4.69) is 36.7 Å². The number of carbonyl (C=O) groups excluding carboxylic acids is 4. The van der Waals surface area contributed by atoms with Crippen molar-refractivity contribution in [3.8, 4) is 0 Å². The van der Waals surface area contributed by atoms with Crippen LogP contribution in [0.3, 0.4) is 0 Å². The monoisotopic (exact) mass is 506 g/mol. The quantitative estimate of drug-likeness (QED) is 0.305. The minimum Gasteiger partial charge on any atom is -0.445 e. The number of hydrogen-bond acceptors (Lipinski definition) is 6. The first-order valence-corrected chi connectivity index (χ1v) is 12.3. The summed E-state index contributed by atoms with van der Waals surface area (Å²) in [6, 6.07) is 5.89. The highest BCUT2D eigenvalue weighted by Crippen LogP contribution is 2.19. The number of rotatable bonds is 14. The second-order valence-electron chi connectivity index (χ2n) is 10.4. The molecule has 0 aliphatic carbocycles. The molecule has 10 nitrogen and oxygen atoms in total. The normalized spacial score (nSPS) is 13.0. The van der Waals surface area contributed by atoms with E-state index in [0.717, 1.165) is 6.42 Å². The van der Waals surface area contributed by atoms with Crippen LogP contribution in [-0.2, 0) is 30.5 Å². The highest BCUT2D eigenvalue weighted by molar-refractivity contribution is 5.96. The molecule has 2 atom stereocenters. The van der Waals surface area contributed by atoms with Crippen LogP contribution in [-0.4, -0.2) is 49.1 Å². The molecule has 0 aliphatic rings. The number of nitrogens with one attached hydrogen (secondary N) is 3. The summed E-state index contributed by atoms with van der Waals surface area (Å²) in [6.07, 6.45) is 0.808. The van der Waals surface area contributed by atoms with Gasteiger partial charge in [0.1, 0.15) is 12.6 Å². The number of carbonyl (C=O) groups is 4. The maximum Gasteiger partial charge on any atom is 0.404 e. The Hall–Kier alpha value is -3.14. The minimum absolute atomic E-state index is 0.0328. The van der Waals surface area contributed by atoms with Crippen molar-refractivity contribution < 1.29 is 28.7 Å². The smallest absolute Gasteiger partial charge is 0.404 e. The van der Waals surface area contributed by atoms with Gasteiger partial charge in [-0.25, -0.2) is 4.79 Å². The van der Waals surface area contributed by atoms with Crippen molar-refractivity contribution in [2.45, 2.75) is 79.6 Å². The lowest BCUT2D eigenvalue weighted by Gasteiger charge is -2.22. The summed E-state index contributed by atoms with van der Waals surface area (Å²) >= 11 is 0. The number of primary amides is 1. The highest BCUT2D eigenvalue weighted by Gasteiger charge is 2.24. The van der Waals surface area contributed by atoms with E-state index in [4.69, 9.17) is 15.2 Å². The van der Waals surface area contributed by atoms with Gasteiger partial charge in [0.2, 0.25) is 17.7 Å². The van der Waals surface area contributed by atoms with E-state index >= 15 is 0 Å². The molecule has 0 saturated heterocycles. The first-order chi connectivity index (χ1) is 16.8. The number of anilines is 1. The van der Waals surface area contributed by atoms with Gasteiger partial charge in [-0.15, -0.1) is 0 Å². The Labute approximate surface area is 214 Å². The number of ether oxygens (including phenoxy) is 2. The van der Waals surface area contributed by atoms with Crippen LogP contribution >= 0.6 is 0 Å². The molecule has 2 unspecified atom stereocenters. The fraction of sp³-hybridized carbons (Fsp3) is 0.615. The molecule has 202 valence electrons. The molecule has 0 fully saturated rings. The van der Waals surface area contributed by atoms with E-state index in [1.54, 1.807) is 24.3 Å². The van der Waals surface area contributed by atoms with Gasteiger partial charge in [0, 0.05) is 18.7 Å². The topological polar surface area (TPSA) is 149 Å². The van der Waals surface area contributed by atoms with E-state index in [9.17, 15) is 19.2 Å². The van der Waals surface area contributed by atoms with Crippen LogP contribution in [0.1, 0.15) is 66.4 Å². The van der Waals surface area contributed by atoms with Crippen molar-refractivity contribution in [1.29, 1.82) is 0 Å². The van der Waals surface area contributed by atoms with Gasteiger partial charge in [-0.2, -0.15) is 0 Å². The van der Waals surface area contributed by atoms with Crippen LogP contribution in [0.5, 0.6) is 0 Å². The molecular formula is C26H42N4O6. The Morgan fingerprint density at radius 1 is 1.00 bits per heavy atom. The second kappa shape index (κ2) is 15.1. The average Bonchev–Trinajstić information content (AvgIpc) is 2.78. The van der Waals surface area contributed by atoms with E-state index in [1.165, 1.54) is 0 Å². The van der Waals surface area contributed by atoms with Gasteiger partial charge in [0.05, 0.1) is 12.6 Å². The molecule has 0 saturated carbocycles. The Morgan fingerprint density at radius 2 is 1.64 bits per heavy atom. The van der Waals surface area contributed by atoms with Gasteiger partial charge in [0.25, 0.3) is 0 Å². The van der Waals surface area contributed by atoms with Crippen LogP contribution in [0.2, 0.25) is 0 Å². The molecule has 0 aromatic heterocycles. The van der Waals surface area contributed by atoms with E-state index in [-0.39, 0.29) is 42.9 Å². The fourth-order valence-electron chi connectivity index (χ4n) is 3.09. The molecule has 1 aromatic rings. The number of benzene rings is 1. The lowest BCUT2D eigenvalue weighted by Crippen LogP contribution is -2.51. The van der Waals surface area contributed by atoms with Gasteiger partial charge in [-0.1, -0.05) is 46.8 Å². The third-order valence-electron chi connectivity index (χ3n) is 5.34. The summed E-state index contributed by atoms with van der Waals surface area (Å²) in [6.45, 7) is 12.5. The zero-order valence-electron chi connectivity index (χ0n) is 22.3. The van der Waals surface area contributed by atoms with Crippen LogP contribution in [0.25, 0.3) is 0 Å². The van der Waals surface area contributed by atoms with Gasteiger partial charge >= 0.3 is 6.09 Å². The number of nitrogens with two attached hydrogens (primary N) is 1. The summed E-state index contributed by atoms with van der Waals surface area (Å²) in [5.41, 5.74) is 6.36. The number of hydrogen-bond donors (Lipinski definition) is 4. The van der Waals surface area contributed by atoms with Crippen molar-refractivity contribution in [2.24, 2.45) is 17.1 Å². The Bertz CT molecular complexity index is 864. The van der Waals surface area contributed by atoms with Gasteiger partial charge < -0.3 is 31.2 Å². The molecule has 1 aromatic carbocycles. The lowest BCUT2D eigenvalue weighted by molar-refractivity contribution is -0.131. The van der Waals surface area contributed by atoms with Crippen LogP contribution < -0.4 is 21.7 Å². The third kappa shape index (κ3) is 13.7. The first-order valence-electron chi connectivity index (χ1n) is 12.3. The molecule has 0 aliphatic heterocycles. The highest BCUT2D eigenvalue weighted by atomic mass is 16.5. The fourth-order valence-corrected chi connectivity index (χ4v) is 3.09. The molecule has 0 heterocycles. The molecule has 36 heavy (non-hydrogen) atoms. The molecular weight excluding hydrogens is 464 g/mol. The minimum atomic E-state index is -0.866. The standard InChI is InChI=1S/C26H42N4O6/c1-17(2)23(30-21(31)12-7-18(3)35-14-13-26(4,5)6)24(33)28-15-22(32)29-20-10-8-19(9-11-20)16-36-25(27)34/h8-11,17-18,23H,7,12-16H2,1-6H3,(H2,27,34)(H,28,33)(H,29,32)(H,30,31). The summed E-state index contributed by atoms with van der Waals surface area (Å²) in [4.78, 5) is 48.0. The molecule has 5 N–H and O–H groups in total. The van der Waals surface area contributed by atoms with E-state index < -0.39 is 23.9 Å². The summed E-state index contributed by atoms with van der Waals surface area (Å²) < 4.78 is 10.5. The maximum atomic E-state index is 12.6. The number of amides is 4. The second-order valence-corrected chi connectivity index (χ2v) is 10.4. The van der Waals surface area contributed by atoms with Gasteiger partial charge in [-0.05, 0) is 48.8 Å². The predicted molar refractivity (Wildman–Crippen MR) is 138 cm³/mol. The van der Waals surface area contributed by atoms with E-state index in [0.29, 0.717) is 24.3 Å². The zero-order chi connectivity index (χ0) is 27.3. The lowest BCUT2D eigenvalue weighted by atomic mass is 9.93. The Morgan fingerprint density at radius 3 is 2.19 bits per heavy atom. The SMILES string of the molecule is CC(CCC(=O)NC(C(=O)NCC(=O)Nc1ccc(COC(N)=O)cc1)C(C)C)OCCC(C)(C)C. The Kier molecular flexibility index (Phi) is 12.9. The van der Waals surface area contributed by atoms with Crippen LogP contribution in [0.4, 0.5) is 10.5 Å². The van der Waals surface area contributed by atoms with Crippen molar-refractivity contribution in [3.63, 3.8) is 0 Å². The summed E-state index contributed by atoms with van der Waals surface area (Å²) in [5.74, 6) is -1.24. The van der Waals surface area contributed by atoms with Crippen molar-refractivity contribution >= 4 is 29.5 Å². The van der Waals surface area contributed by atoms with Crippen molar-refractivity contribution in [3.05, 3.63) is 29.8 Å². The molecule has 1 rings (SSSR count). The van der Waals surface area contributed by atoms with Crippen LogP contribution in [0.15, 0.2) is 24.3 Å². The molecule has 10 heteroatoms. The third-order valence-corrected chi connectivity index (χ3v) is 5.34. The van der Waals surface area contributed by atoms with Gasteiger partial charge in [0.15, 0.2) is 0 Å². The molecule has 0 bridgehead atoms. The van der Waals surface area contributed by atoms with Gasteiger partial charge in [-0.3, -0.25) is 14.4 Å².